The molecule has 0 aliphatic carbocycles. The first-order chi connectivity index (χ1) is 5.68. The standard InChI is InChI=1S/C9H15NO2/c1-3-4-5-6-7-8-9(2)10(11)12/h4-5,8H,3,6-7H2,1-2H3. The average Bonchev–Trinajstić information content (AvgIpc) is 2.03. The fraction of sp³-hybridized carbons (Fsp3) is 0.556. The molecule has 0 heterocycles. The second kappa shape index (κ2) is 6.58. The van der Waals surface area contributed by atoms with Gasteiger partial charge < -0.3 is 0 Å². The predicted octanol–water partition coefficient (Wildman–Crippen LogP) is 2.91. The quantitative estimate of drug-likeness (QED) is 0.275. The van der Waals surface area contributed by atoms with Crippen molar-refractivity contribution in [1.82, 2.24) is 0 Å². The molecule has 0 bridgehead atoms. The van der Waals surface area contributed by atoms with Crippen molar-refractivity contribution in [2.24, 2.45) is 0 Å². The van der Waals surface area contributed by atoms with E-state index in [0.29, 0.717) is 0 Å². The lowest BCUT2D eigenvalue weighted by Crippen LogP contribution is -1.92. The first-order valence-electron chi connectivity index (χ1n) is 4.14. The van der Waals surface area contributed by atoms with Crippen LogP contribution in [0.4, 0.5) is 0 Å². The molecule has 0 aliphatic heterocycles. The summed E-state index contributed by atoms with van der Waals surface area (Å²) in [5, 5.41) is 10.1. The molecule has 0 radical (unpaired) electrons. The minimum Gasteiger partial charge on any atom is -0.259 e. The molecule has 0 aliphatic rings. The Labute approximate surface area is 72.9 Å². The Morgan fingerprint density at radius 3 is 2.58 bits per heavy atom. The maximum absolute atomic E-state index is 10.1. The van der Waals surface area contributed by atoms with Crippen LogP contribution in [0.1, 0.15) is 33.1 Å². The van der Waals surface area contributed by atoms with E-state index in [1.165, 1.54) is 6.92 Å². The molecule has 0 aromatic rings. The maximum atomic E-state index is 10.1. The third-order valence-electron chi connectivity index (χ3n) is 1.46. The summed E-state index contributed by atoms with van der Waals surface area (Å²) in [4.78, 5) is 9.78. The summed E-state index contributed by atoms with van der Waals surface area (Å²) >= 11 is 0. The number of allylic oxidation sites excluding steroid dienone is 4. The van der Waals surface area contributed by atoms with Gasteiger partial charge >= 0.3 is 0 Å². The van der Waals surface area contributed by atoms with E-state index in [2.05, 4.69) is 13.0 Å². The summed E-state index contributed by atoms with van der Waals surface area (Å²) in [5.41, 5.74) is 0.236. The molecular formula is C9H15NO2. The van der Waals surface area contributed by atoms with Crippen LogP contribution >= 0.6 is 0 Å². The fourth-order valence-corrected chi connectivity index (χ4v) is 0.747. The highest BCUT2D eigenvalue weighted by Gasteiger charge is 1.98. The molecule has 0 amide bonds. The lowest BCUT2D eigenvalue weighted by Gasteiger charge is -1.88. The third kappa shape index (κ3) is 5.65. The number of nitro groups is 1. The van der Waals surface area contributed by atoms with E-state index in [4.69, 9.17) is 0 Å². The van der Waals surface area contributed by atoms with E-state index < -0.39 is 0 Å². The molecule has 0 saturated heterocycles. The highest BCUT2D eigenvalue weighted by molar-refractivity contribution is 4.90. The second-order valence-corrected chi connectivity index (χ2v) is 2.56. The van der Waals surface area contributed by atoms with E-state index in [9.17, 15) is 10.1 Å². The first-order valence-corrected chi connectivity index (χ1v) is 4.14. The normalized spacial score (nSPS) is 12.3. The van der Waals surface area contributed by atoms with Gasteiger partial charge in [-0.25, -0.2) is 0 Å². The van der Waals surface area contributed by atoms with Crippen LogP contribution in [0.2, 0.25) is 0 Å². The van der Waals surface area contributed by atoms with Gasteiger partial charge in [0.1, 0.15) is 0 Å². The fourth-order valence-electron chi connectivity index (χ4n) is 0.747. The highest BCUT2D eigenvalue weighted by atomic mass is 16.6. The SMILES string of the molecule is CCC=CCCC=C(C)[N+](=O)[O-]. The molecule has 0 aromatic heterocycles. The number of rotatable bonds is 5. The second-order valence-electron chi connectivity index (χ2n) is 2.56. The Hall–Kier alpha value is -1.12. The van der Waals surface area contributed by atoms with Gasteiger partial charge in [0.15, 0.2) is 0 Å². The van der Waals surface area contributed by atoms with E-state index in [1.807, 2.05) is 6.08 Å². The summed E-state index contributed by atoms with van der Waals surface area (Å²) < 4.78 is 0. The van der Waals surface area contributed by atoms with Gasteiger partial charge in [-0.05, 0) is 25.3 Å². The zero-order valence-corrected chi connectivity index (χ0v) is 7.62. The Balaban J connectivity index is 3.60. The smallest absolute Gasteiger partial charge is 0.239 e. The summed E-state index contributed by atoms with van der Waals surface area (Å²) in [6.45, 7) is 3.58. The highest BCUT2D eigenvalue weighted by Crippen LogP contribution is 1.99. The molecule has 0 saturated carbocycles. The Morgan fingerprint density at radius 2 is 2.08 bits per heavy atom. The van der Waals surface area contributed by atoms with Crippen molar-refractivity contribution in [2.75, 3.05) is 0 Å². The monoisotopic (exact) mass is 169 g/mol. The Morgan fingerprint density at radius 1 is 1.42 bits per heavy atom. The number of unbranched alkanes of at least 4 members (excludes halogenated alkanes) is 1. The van der Waals surface area contributed by atoms with E-state index in [1.54, 1.807) is 6.08 Å². The van der Waals surface area contributed by atoms with Crippen LogP contribution in [-0.4, -0.2) is 4.92 Å². The van der Waals surface area contributed by atoms with E-state index >= 15 is 0 Å². The van der Waals surface area contributed by atoms with Crippen LogP contribution in [0.15, 0.2) is 23.9 Å². The first kappa shape index (κ1) is 10.9. The lowest BCUT2D eigenvalue weighted by atomic mass is 10.2. The molecule has 3 heteroatoms. The van der Waals surface area contributed by atoms with Gasteiger partial charge in [0.2, 0.25) is 5.70 Å². The molecule has 3 nitrogen and oxygen atoms in total. The van der Waals surface area contributed by atoms with Gasteiger partial charge in [-0.1, -0.05) is 19.1 Å². The number of nitrogens with zero attached hydrogens (tertiary/aromatic N) is 1. The summed E-state index contributed by atoms with van der Waals surface area (Å²) in [5.74, 6) is 0. The lowest BCUT2D eigenvalue weighted by molar-refractivity contribution is -0.424. The van der Waals surface area contributed by atoms with Crippen molar-refractivity contribution < 1.29 is 4.92 Å². The minimum absolute atomic E-state index is 0.236. The van der Waals surface area contributed by atoms with Gasteiger partial charge in [-0.3, -0.25) is 10.1 Å². The van der Waals surface area contributed by atoms with Crippen LogP contribution in [-0.2, 0) is 0 Å². The molecule has 12 heavy (non-hydrogen) atoms. The molecule has 0 atom stereocenters. The number of hydrogen-bond donors (Lipinski definition) is 0. The predicted molar refractivity (Wildman–Crippen MR) is 49.4 cm³/mol. The van der Waals surface area contributed by atoms with Crippen LogP contribution in [0, 0.1) is 10.1 Å². The minimum atomic E-state index is -0.358. The molecule has 0 spiro atoms. The Kier molecular flexibility index (Phi) is 5.97. The number of hydrogen-bond acceptors (Lipinski definition) is 2. The van der Waals surface area contributed by atoms with Gasteiger partial charge in [-0.15, -0.1) is 0 Å². The van der Waals surface area contributed by atoms with E-state index in [0.717, 1.165) is 19.3 Å². The molecular weight excluding hydrogens is 154 g/mol. The average molecular weight is 169 g/mol. The summed E-state index contributed by atoms with van der Waals surface area (Å²) in [7, 11) is 0. The molecule has 0 aromatic carbocycles. The molecule has 0 N–H and O–H groups in total. The molecule has 0 rings (SSSR count). The van der Waals surface area contributed by atoms with Crippen LogP contribution in [0.5, 0.6) is 0 Å². The topological polar surface area (TPSA) is 43.1 Å². The van der Waals surface area contributed by atoms with Gasteiger partial charge in [0.05, 0.1) is 4.92 Å². The van der Waals surface area contributed by atoms with Gasteiger partial charge in [-0.2, -0.15) is 0 Å². The molecule has 0 unspecified atom stereocenters. The van der Waals surface area contributed by atoms with Crippen molar-refractivity contribution in [3.05, 3.63) is 34.0 Å². The van der Waals surface area contributed by atoms with Gasteiger partial charge in [0.25, 0.3) is 0 Å². The maximum Gasteiger partial charge on any atom is 0.239 e. The van der Waals surface area contributed by atoms with Crippen LogP contribution < -0.4 is 0 Å². The third-order valence-corrected chi connectivity index (χ3v) is 1.46. The largest absolute Gasteiger partial charge is 0.259 e. The molecule has 68 valence electrons. The molecule has 0 fully saturated rings. The van der Waals surface area contributed by atoms with Gasteiger partial charge in [0, 0.05) is 6.92 Å². The van der Waals surface area contributed by atoms with Crippen molar-refractivity contribution >= 4 is 0 Å². The zero-order chi connectivity index (χ0) is 9.40. The van der Waals surface area contributed by atoms with E-state index in [-0.39, 0.29) is 10.6 Å². The van der Waals surface area contributed by atoms with Crippen LogP contribution in [0.25, 0.3) is 0 Å². The zero-order valence-electron chi connectivity index (χ0n) is 7.62. The Bertz CT molecular complexity index is 195. The summed E-state index contributed by atoms with van der Waals surface area (Å²) in [6, 6.07) is 0. The van der Waals surface area contributed by atoms with Crippen LogP contribution in [0.3, 0.4) is 0 Å². The van der Waals surface area contributed by atoms with Crippen molar-refractivity contribution in [1.29, 1.82) is 0 Å². The summed E-state index contributed by atoms with van der Waals surface area (Å²) in [6.07, 6.45) is 8.43. The van der Waals surface area contributed by atoms with Crippen molar-refractivity contribution in [3.8, 4) is 0 Å². The van der Waals surface area contributed by atoms with Crippen molar-refractivity contribution in [2.45, 2.75) is 33.1 Å². The van der Waals surface area contributed by atoms with Crippen molar-refractivity contribution in [3.63, 3.8) is 0 Å².